The van der Waals surface area contributed by atoms with Crippen molar-refractivity contribution in [2.75, 3.05) is 26.9 Å². The summed E-state index contributed by atoms with van der Waals surface area (Å²) in [5.41, 5.74) is 5.77. The highest BCUT2D eigenvalue weighted by molar-refractivity contribution is 5.81. The van der Waals surface area contributed by atoms with Crippen LogP contribution in [0.4, 0.5) is 0 Å². The van der Waals surface area contributed by atoms with E-state index in [0.717, 1.165) is 19.3 Å². The second kappa shape index (κ2) is 10.2. The van der Waals surface area contributed by atoms with E-state index in [-0.39, 0.29) is 5.91 Å². The molecule has 1 unspecified atom stereocenters. The zero-order valence-electron chi connectivity index (χ0n) is 12.0. The van der Waals surface area contributed by atoms with Gasteiger partial charge in [0, 0.05) is 20.3 Å². The largest absolute Gasteiger partial charge is 0.385 e. The second-order valence-electron chi connectivity index (χ2n) is 5.16. The molecule has 0 spiro atoms. The molecule has 19 heavy (non-hydrogen) atoms. The summed E-state index contributed by atoms with van der Waals surface area (Å²) in [4.78, 5) is 11.7. The number of amides is 1. The van der Waals surface area contributed by atoms with E-state index < -0.39 is 6.04 Å². The lowest BCUT2D eigenvalue weighted by molar-refractivity contribution is -0.122. The van der Waals surface area contributed by atoms with Crippen LogP contribution in [0.2, 0.25) is 0 Å². The van der Waals surface area contributed by atoms with Crippen molar-refractivity contribution < 1.29 is 14.3 Å². The zero-order valence-corrected chi connectivity index (χ0v) is 12.0. The van der Waals surface area contributed by atoms with Gasteiger partial charge >= 0.3 is 0 Å². The van der Waals surface area contributed by atoms with Gasteiger partial charge in [-0.1, -0.05) is 19.3 Å². The van der Waals surface area contributed by atoms with E-state index in [1.54, 1.807) is 7.11 Å². The molecule has 1 rings (SSSR count). The van der Waals surface area contributed by atoms with Crippen molar-refractivity contribution in [2.24, 2.45) is 5.73 Å². The SMILES string of the molecule is COCCCC(N)C(=O)NCCOC1CCCCC1. The maximum Gasteiger partial charge on any atom is 0.236 e. The molecular weight excluding hydrogens is 244 g/mol. The molecular formula is C14H28N2O3. The standard InChI is InChI=1S/C14H28N2O3/c1-18-10-5-8-13(15)14(17)16-9-11-19-12-6-3-2-4-7-12/h12-13H,2-11,15H2,1H3,(H,16,17). The van der Waals surface area contributed by atoms with Crippen molar-refractivity contribution in [1.29, 1.82) is 0 Å². The molecule has 5 nitrogen and oxygen atoms in total. The number of nitrogens with one attached hydrogen (secondary N) is 1. The summed E-state index contributed by atoms with van der Waals surface area (Å²) in [7, 11) is 1.65. The third-order valence-corrected chi connectivity index (χ3v) is 3.51. The summed E-state index contributed by atoms with van der Waals surface area (Å²) in [5, 5.41) is 2.82. The van der Waals surface area contributed by atoms with Crippen LogP contribution in [0.3, 0.4) is 0 Å². The number of hydrogen-bond donors (Lipinski definition) is 2. The highest BCUT2D eigenvalue weighted by atomic mass is 16.5. The first-order valence-electron chi connectivity index (χ1n) is 7.38. The molecule has 1 fully saturated rings. The van der Waals surface area contributed by atoms with Crippen LogP contribution in [-0.4, -0.2) is 44.9 Å². The fraction of sp³-hybridized carbons (Fsp3) is 0.929. The van der Waals surface area contributed by atoms with Gasteiger partial charge in [0.1, 0.15) is 0 Å². The predicted octanol–water partition coefficient (Wildman–Crippen LogP) is 1.21. The first-order valence-corrected chi connectivity index (χ1v) is 7.38. The quantitative estimate of drug-likeness (QED) is 0.619. The van der Waals surface area contributed by atoms with Gasteiger partial charge in [0.05, 0.1) is 18.8 Å². The van der Waals surface area contributed by atoms with Gasteiger partial charge in [0.2, 0.25) is 5.91 Å². The molecule has 1 amide bonds. The summed E-state index contributed by atoms with van der Waals surface area (Å²) in [6.07, 6.45) is 8.03. The van der Waals surface area contributed by atoms with Crippen LogP contribution in [0, 0.1) is 0 Å². The van der Waals surface area contributed by atoms with Crippen LogP contribution in [0.1, 0.15) is 44.9 Å². The number of rotatable bonds is 9. The highest BCUT2D eigenvalue weighted by Crippen LogP contribution is 2.19. The van der Waals surface area contributed by atoms with Crippen molar-refractivity contribution in [2.45, 2.75) is 57.1 Å². The molecule has 1 aliphatic rings. The number of ether oxygens (including phenoxy) is 2. The number of carbonyl (C=O) groups excluding carboxylic acids is 1. The third-order valence-electron chi connectivity index (χ3n) is 3.51. The molecule has 0 saturated heterocycles. The molecule has 112 valence electrons. The van der Waals surface area contributed by atoms with E-state index in [2.05, 4.69) is 5.32 Å². The van der Waals surface area contributed by atoms with E-state index in [1.165, 1.54) is 19.3 Å². The first-order chi connectivity index (χ1) is 9.24. The Labute approximate surface area is 116 Å². The highest BCUT2D eigenvalue weighted by Gasteiger charge is 2.14. The second-order valence-corrected chi connectivity index (χ2v) is 5.16. The molecule has 5 heteroatoms. The average Bonchev–Trinajstić information content (AvgIpc) is 2.44. The van der Waals surface area contributed by atoms with Crippen LogP contribution in [0.25, 0.3) is 0 Å². The van der Waals surface area contributed by atoms with Gasteiger partial charge in [-0.25, -0.2) is 0 Å². The monoisotopic (exact) mass is 272 g/mol. The Bertz CT molecular complexity index is 243. The maximum atomic E-state index is 11.7. The molecule has 0 heterocycles. The lowest BCUT2D eigenvalue weighted by Gasteiger charge is -2.22. The van der Waals surface area contributed by atoms with Gasteiger partial charge in [-0.2, -0.15) is 0 Å². The lowest BCUT2D eigenvalue weighted by Crippen LogP contribution is -2.42. The maximum absolute atomic E-state index is 11.7. The van der Waals surface area contributed by atoms with Crippen LogP contribution in [0.15, 0.2) is 0 Å². The van der Waals surface area contributed by atoms with Gasteiger partial charge in [0.25, 0.3) is 0 Å². The van der Waals surface area contributed by atoms with Crippen LogP contribution in [-0.2, 0) is 14.3 Å². The van der Waals surface area contributed by atoms with Gasteiger partial charge < -0.3 is 20.5 Å². The number of nitrogens with two attached hydrogens (primary N) is 1. The normalized spacial score (nSPS) is 18.2. The van der Waals surface area contributed by atoms with E-state index >= 15 is 0 Å². The Kier molecular flexibility index (Phi) is 8.79. The fourth-order valence-electron chi connectivity index (χ4n) is 2.34. The van der Waals surface area contributed by atoms with Gasteiger partial charge in [-0.15, -0.1) is 0 Å². The number of carbonyl (C=O) groups is 1. The molecule has 0 radical (unpaired) electrons. The summed E-state index contributed by atoms with van der Waals surface area (Å²) < 4.78 is 10.7. The summed E-state index contributed by atoms with van der Waals surface area (Å²) in [6.45, 7) is 1.78. The first kappa shape index (κ1) is 16.4. The van der Waals surface area contributed by atoms with Crippen LogP contribution >= 0.6 is 0 Å². The Morgan fingerprint density at radius 1 is 1.32 bits per heavy atom. The molecule has 1 atom stereocenters. The molecule has 0 bridgehead atoms. The van der Waals surface area contributed by atoms with Crippen molar-refractivity contribution in [3.63, 3.8) is 0 Å². The van der Waals surface area contributed by atoms with Crippen molar-refractivity contribution >= 4 is 5.91 Å². The van der Waals surface area contributed by atoms with Crippen molar-refractivity contribution in [3.05, 3.63) is 0 Å². The summed E-state index contributed by atoms with van der Waals surface area (Å²) in [5.74, 6) is -0.0941. The van der Waals surface area contributed by atoms with Crippen LogP contribution in [0.5, 0.6) is 0 Å². The van der Waals surface area contributed by atoms with E-state index in [1.807, 2.05) is 0 Å². The molecule has 3 N–H and O–H groups in total. The number of methoxy groups -OCH3 is 1. The van der Waals surface area contributed by atoms with E-state index in [9.17, 15) is 4.79 Å². The molecule has 0 aromatic rings. The molecule has 1 saturated carbocycles. The van der Waals surface area contributed by atoms with Gasteiger partial charge in [-0.3, -0.25) is 4.79 Å². The topological polar surface area (TPSA) is 73.6 Å². The summed E-state index contributed by atoms with van der Waals surface area (Å²) in [6, 6.07) is -0.440. The Hall–Kier alpha value is -0.650. The van der Waals surface area contributed by atoms with Crippen LogP contribution < -0.4 is 11.1 Å². The van der Waals surface area contributed by atoms with Gasteiger partial charge in [-0.05, 0) is 25.7 Å². The minimum absolute atomic E-state index is 0.0941. The molecule has 0 aromatic carbocycles. The Balaban J connectivity index is 1.99. The molecule has 0 aromatic heterocycles. The lowest BCUT2D eigenvalue weighted by atomic mass is 9.98. The van der Waals surface area contributed by atoms with E-state index in [0.29, 0.717) is 32.3 Å². The Morgan fingerprint density at radius 2 is 2.05 bits per heavy atom. The predicted molar refractivity (Wildman–Crippen MR) is 74.9 cm³/mol. The van der Waals surface area contributed by atoms with E-state index in [4.69, 9.17) is 15.2 Å². The zero-order chi connectivity index (χ0) is 13.9. The smallest absolute Gasteiger partial charge is 0.236 e. The van der Waals surface area contributed by atoms with Crippen molar-refractivity contribution in [3.8, 4) is 0 Å². The number of hydrogen-bond acceptors (Lipinski definition) is 4. The third kappa shape index (κ3) is 7.50. The van der Waals surface area contributed by atoms with Gasteiger partial charge in [0.15, 0.2) is 0 Å². The molecule has 1 aliphatic carbocycles. The Morgan fingerprint density at radius 3 is 2.74 bits per heavy atom. The van der Waals surface area contributed by atoms with Crippen molar-refractivity contribution in [1.82, 2.24) is 5.32 Å². The molecule has 0 aliphatic heterocycles. The average molecular weight is 272 g/mol. The minimum Gasteiger partial charge on any atom is -0.385 e. The fourth-order valence-corrected chi connectivity index (χ4v) is 2.34. The summed E-state index contributed by atoms with van der Waals surface area (Å²) >= 11 is 0. The minimum atomic E-state index is -0.440.